The molecular formula is C18H17N3O2S. The predicted molar refractivity (Wildman–Crippen MR) is 98.0 cm³/mol. The van der Waals surface area contributed by atoms with Gasteiger partial charge in [0.25, 0.3) is 0 Å². The molecule has 0 saturated carbocycles. The Bertz CT molecular complexity index is 860. The zero-order chi connectivity index (χ0) is 16.9. The molecule has 0 unspecified atom stereocenters. The van der Waals surface area contributed by atoms with Gasteiger partial charge in [-0.05, 0) is 19.1 Å². The lowest BCUT2D eigenvalue weighted by atomic mass is 10.1. The molecule has 2 N–H and O–H groups in total. The van der Waals surface area contributed by atoms with Crippen LogP contribution in [0.2, 0.25) is 0 Å². The first-order valence-electron chi connectivity index (χ1n) is 7.36. The van der Waals surface area contributed by atoms with E-state index >= 15 is 0 Å². The van der Waals surface area contributed by atoms with Crippen molar-refractivity contribution in [3.8, 4) is 22.8 Å². The zero-order valence-electron chi connectivity index (χ0n) is 13.4. The summed E-state index contributed by atoms with van der Waals surface area (Å²) in [6.07, 6.45) is 0. The molecule has 0 radical (unpaired) electrons. The van der Waals surface area contributed by atoms with Crippen LogP contribution in [0.4, 0.5) is 5.13 Å². The summed E-state index contributed by atoms with van der Waals surface area (Å²) in [5.74, 6) is 0.728. The second kappa shape index (κ2) is 7.14. The van der Waals surface area contributed by atoms with Crippen molar-refractivity contribution < 1.29 is 9.84 Å². The molecule has 3 rings (SSSR count). The molecule has 122 valence electrons. The summed E-state index contributed by atoms with van der Waals surface area (Å²) in [7, 11) is 1.56. The van der Waals surface area contributed by atoms with Crippen LogP contribution in [0.25, 0.3) is 11.3 Å². The molecule has 0 aliphatic rings. The van der Waals surface area contributed by atoms with Gasteiger partial charge in [0.1, 0.15) is 11.5 Å². The van der Waals surface area contributed by atoms with Crippen molar-refractivity contribution in [3.63, 3.8) is 0 Å². The van der Waals surface area contributed by atoms with Gasteiger partial charge in [-0.2, -0.15) is 5.10 Å². The number of methoxy groups -OCH3 is 1. The third kappa shape index (κ3) is 3.55. The molecule has 5 nitrogen and oxygen atoms in total. The molecule has 2 aromatic carbocycles. The summed E-state index contributed by atoms with van der Waals surface area (Å²) in [6.45, 7) is 1.82. The van der Waals surface area contributed by atoms with Crippen LogP contribution in [0.15, 0.2) is 59.0 Å². The van der Waals surface area contributed by atoms with E-state index in [4.69, 9.17) is 4.74 Å². The lowest BCUT2D eigenvalue weighted by Crippen LogP contribution is -2.00. The Morgan fingerprint density at radius 1 is 1.21 bits per heavy atom. The van der Waals surface area contributed by atoms with Crippen LogP contribution in [0.1, 0.15) is 12.5 Å². The fourth-order valence-electron chi connectivity index (χ4n) is 2.20. The number of nitrogens with zero attached hydrogens (tertiary/aromatic N) is 2. The van der Waals surface area contributed by atoms with Crippen molar-refractivity contribution >= 4 is 22.2 Å². The lowest BCUT2D eigenvalue weighted by molar-refractivity contribution is 0.407. The molecule has 0 bridgehead atoms. The van der Waals surface area contributed by atoms with Gasteiger partial charge in [-0.15, -0.1) is 11.3 Å². The number of phenols is 1. The van der Waals surface area contributed by atoms with Gasteiger partial charge in [0.05, 0.1) is 18.5 Å². The average Bonchev–Trinajstić information content (AvgIpc) is 3.09. The van der Waals surface area contributed by atoms with E-state index in [9.17, 15) is 5.11 Å². The SMILES string of the molecule is COc1ccc(/C(C)=N/Nc2nc(-c3ccccc3)cs2)c(O)c1. The molecule has 6 heteroatoms. The summed E-state index contributed by atoms with van der Waals surface area (Å²) >= 11 is 1.48. The minimum Gasteiger partial charge on any atom is -0.507 e. The predicted octanol–water partition coefficient (Wildman–Crippen LogP) is 4.36. The van der Waals surface area contributed by atoms with Crippen LogP contribution >= 0.6 is 11.3 Å². The van der Waals surface area contributed by atoms with Crippen molar-refractivity contribution in [2.75, 3.05) is 12.5 Å². The Balaban J connectivity index is 1.75. The average molecular weight is 339 g/mol. The number of ether oxygens (including phenoxy) is 1. The fraction of sp³-hybridized carbons (Fsp3) is 0.111. The second-order valence-electron chi connectivity index (χ2n) is 5.10. The monoisotopic (exact) mass is 339 g/mol. The van der Waals surface area contributed by atoms with Crippen LogP contribution in [-0.2, 0) is 0 Å². The van der Waals surface area contributed by atoms with Crippen molar-refractivity contribution in [2.45, 2.75) is 6.92 Å². The summed E-state index contributed by atoms with van der Waals surface area (Å²) in [5, 5.41) is 17.0. The highest BCUT2D eigenvalue weighted by molar-refractivity contribution is 7.14. The number of benzene rings is 2. The molecule has 0 saturated heterocycles. The number of hydrogen-bond donors (Lipinski definition) is 2. The third-order valence-corrected chi connectivity index (χ3v) is 4.23. The molecular weight excluding hydrogens is 322 g/mol. The first kappa shape index (κ1) is 16.0. The number of aromatic hydroxyl groups is 1. The van der Waals surface area contributed by atoms with E-state index in [1.165, 1.54) is 11.3 Å². The topological polar surface area (TPSA) is 66.7 Å². The first-order valence-corrected chi connectivity index (χ1v) is 8.24. The zero-order valence-corrected chi connectivity index (χ0v) is 14.2. The Morgan fingerprint density at radius 3 is 2.71 bits per heavy atom. The lowest BCUT2D eigenvalue weighted by Gasteiger charge is -2.06. The van der Waals surface area contributed by atoms with Gasteiger partial charge in [0.2, 0.25) is 5.13 Å². The molecule has 0 spiro atoms. The number of phenolic OH excluding ortho intramolecular Hbond substituents is 1. The van der Waals surface area contributed by atoms with Gasteiger partial charge in [-0.25, -0.2) is 4.98 Å². The fourth-order valence-corrected chi connectivity index (χ4v) is 2.86. The van der Waals surface area contributed by atoms with Gasteiger partial charge in [0, 0.05) is 22.6 Å². The number of thiazole rings is 1. The number of rotatable bonds is 5. The maximum absolute atomic E-state index is 10.0. The minimum absolute atomic E-state index is 0.126. The number of nitrogens with one attached hydrogen (secondary N) is 1. The molecule has 3 aromatic rings. The molecule has 1 aromatic heterocycles. The molecule has 0 atom stereocenters. The van der Waals surface area contributed by atoms with Crippen LogP contribution in [0, 0.1) is 0 Å². The number of hydrogen-bond acceptors (Lipinski definition) is 6. The minimum atomic E-state index is 0.126. The molecule has 0 aliphatic heterocycles. The third-order valence-electron chi connectivity index (χ3n) is 3.49. The highest BCUT2D eigenvalue weighted by Crippen LogP contribution is 2.26. The van der Waals surface area contributed by atoms with Crippen molar-refractivity contribution in [3.05, 3.63) is 59.5 Å². The summed E-state index contributed by atoms with van der Waals surface area (Å²) < 4.78 is 5.08. The van der Waals surface area contributed by atoms with E-state index in [0.717, 1.165) is 11.3 Å². The standard InChI is InChI=1S/C18H17N3O2S/c1-12(15-9-8-14(23-2)10-17(15)22)20-21-18-19-16(11-24-18)13-6-4-3-5-7-13/h3-11,22H,1-2H3,(H,19,21)/b20-12+. The molecule has 0 fully saturated rings. The first-order chi connectivity index (χ1) is 11.7. The van der Waals surface area contributed by atoms with Crippen LogP contribution in [0.3, 0.4) is 0 Å². The van der Waals surface area contributed by atoms with Crippen LogP contribution in [-0.4, -0.2) is 22.9 Å². The summed E-state index contributed by atoms with van der Waals surface area (Å²) in [4.78, 5) is 4.51. The Morgan fingerprint density at radius 2 is 2.00 bits per heavy atom. The maximum Gasteiger partial charge on any atom is 0.203 e. The van der Waals surface area contributed by atoms with Gasteiger partial charge in [0.15, 0.2) is 0 Å². The highest BCUT2D eigenvalue weighted by atomic mass is 32.1. The summed E-state index contributed by atoms with van der Waals surface area (Å²) in [6, 6.07) is 15.1. The molecule has 0 amide bonds. The summed E-state index contributed by atoms with van der Waals surface area (Å²) in [5.41, 5.74) is 6.21. The highest BCUT2D eigenvalue weighted by Gasteiger charge is 2.07. The molecule has 0 aliphatic carbocycles. The molecule has 24 heavy (non-hydrogen) atoms. The maximum atomic E-state index is 10.0. The Labute approximate surface area is 144 Å². The van der Waals surface area contributed by atoms with Crippen molar-refractivity contribution in [1.82, 2.24) is 4.98 Å². The van der Waals surface area contributed by atoms with Gasteiger partial charge in [-0.1, -0.05) is 30.3 Å². The van der Waals surface area contributed by atoms with E-state index in [2.05, 4.69) is 15.5 Å². The quantitative estimate of drug-likeness (QED) is 0.535. The van der Waals surface area contributed by atoms with Crippen molar-refractivity contribution in [2.24, 2.45) is 5.10 Å². The van der Waals surface area contributed by atoms with E-state index in [1.807, 2.05) is 42.6 Å². The smallest absolute Gasteiger partial charge is 0.203 e. The Kier molecular flexibility index (Phi) is 4.77. The second-order valence-corrected chi connectivity index (χ2v) is 5.95. The van der Waals surface area contributed by atoms with E-state index in [1.54, 1.807) is 25.3 Å². The largest absolute Gasteiger partial charge is 0.507 e. The van der Waals surface area contributed by atoms with E-state index < -0.39 is 0 Å². The normalized spacial score (nSPS) is 11.3. The van der Waals surface area contributed by atoms with Crippen molar-refractivity contribution in [1.29, 1.82) is 0 Å². The van der Waals surface area contributed by atoms with Gasteiger partial charge >= 0.3 is 0 Å². The van der Waals surface area contributed by atoms with Gasteiger partial charge in [-0.3, -0.25) is 5.43 Å². The number of anilines is 1. The molecule has 1 heterocycles. The number of hydrazone groups is 1. The van der Waals surface area contributed by atoms with E-state index in [-0.39, 0.29) is 5.75 Å². The van der Waals surface area contributed by atoms with Crippen LogP contribution < -0.4 is 10.2 Å². The number of aromatic nitrogens is 1. The van der Waals surface area contributed by atoms with Crippen LogP contribution in [0.5, 0.6) is 11.5 Å². The Hall–Kier alpha value is -2.86. The van der Waals surface area contributed by atoms with E-state index in [0.29, 0.717) is 22.2 Å². The van der Waals surface area contributed by atoms with Gasteiger partial charge < -0.3 is 9.84 Å².